The minimum absolute atomic E-state index is 0.155. The van der Waals surface area contributed by atoms with Gasteiger partial charge in [0.1, 0.15) is 17.4 Å². The van der Waals surface area contributed by atoms with Gasteiger partial charge in [-0.1, -0.05) is 31.4 Å². The highest BCUT2D eigenvalue weighted by atomic mass is 16.7. The SMILES string of the molecule is CCOC(=O)OC1(C2CCCCC2)CCN(C(=O)[C@@H](Cc2ccc(OC)cc2)NC(=O)NCCc2cnc[nH]2)CC1. The Morgan fingerprint density at radius 3 is 2.49 bits per heavy atom. The molecule has 2 heterocycles. The first-order chi connectivity index (χ1) is 19.9. The number of benzene rings is 1. The number of amides is 3. The largest absolute Gasteiger partial charge is 0.508 e. The fourth-order valence-electron chi connectivity index (χ4n) is 6.00. The summed E-state index contributed by atoms with van der Waals surface area (Å²) in [6, 6.07) is 6.31. The van der Waals surface area contributed by atoms with Crippen LogP contribution in [0.25, 0.3) is 0 Å². The highest BCUT2D eigenvalue weighted by Gasteiger charge is 2.46. The van der Waals surface area contributed by atoms with Crippen LogP contribution in [0.2, 0.25) is 0 Å². The zero-order valence-electron chi connectivity index (χ0n) is 24.2. The minimum atomic E-state index is -0.760. The Hall–Kier alpha value is -3.76. The number of methoxy groups -OCH3 is 1. The molecule has 11 nitrogen and oxygen atoms in total. The van der Waals surface area contributed by atoms with Crippen LogP contribution >= 0.6 is 0 Å². The van der Waals surface area contributed by atoms with Gasteiger partial charge in [-0.15, -0.1) is 0 Å². The summed E-state index contributed by atoms with van der Waals surface area (Å²) >= 11 is 0. The van der Waals surface area contributed by atoms with Gasteiger partial charge in [0, 0.05) is 57.2 Å². The number of urea groups is 1. The van der Waals surface area contributed by atoms with Crippen molar-refractivity contribution < 1.29 is 28.6 Å². The summed E-state index contributed by atoms with van der Waals surface area (Å²) in [5, 5.41) is 5.74. The second-order valence-electron chi connectivity index (χ2n) is 10.8. The van der Waals surface area contributed by atoms with Gasteiger partial charge < -0.3 is 34.7 Å². The molecule has 1 aromatic carbocycles. The molecule has 1 aliphatic heterocycles. The van der Waals surface area contributed by atoms with Gasteiger partial charge in [0.25, 0.3) is 0 Å². The third-order valence-corrected chi connectivity index (χ3v) is 8.26. The Morgan fingerprint density at radius 1 is 1.12 bits per heavy atom. The maximum atomic E-state index is 13.8. The van der Waals surface area contributed by atoms with Crippen molar-refractivity contribution in [2.75, 3.05) is 33.4 Å². The smallest absolute Gasteiger partial charge is 0.497 e. The fourth-order valence-corrected chi connectivity index (χ4v) is 6.00. The molecule has 2 aromatic rings. The van der Waals surface area contributed by atoms with Gasteiger partial charge in [0.15, 0.2) is 0 Å². The number of hydrogen-bond donors (Lipinski definition) is 3. The first-order valence-corrected chi connectivity index (χ1v) is 14.7. The number of H-pyrrole nitrogens is 1. The number of ether oxygens (including phenoxy) is 3. The molecule has 224 valence electrons. The predicted molar refractivity (Wildman–Crippen MR) is 153 cm³/mol. The van der Waals surface area contributed by atoms with Crippen molar-refractivity contribution in [1.82, 2.24) is 25.5 Å². The van der Waals surface area contributed by atoms with Crippen molar-refractivity contribution >= 4 is 18.1 Å². The zero-order valence-corrected chi connectivity index (χ0v) is 24.2. The lowest BCUT2D eigenvalue weighted by atomic mass is 9.72. The monoisotopic (exact) mass is 569 g/mol. The maximum absolute atomic E-state index is 13.8. The zero-order chi connectivity index (χ0) is 29.1. The number of nitrogens with zero attached hydrogens (tertiary/aromatic N) is 2. The molecule has 3 N–H and O–H groups in total. The lowest BCUT2D eigenvalue weighted by Crippen LogP contribution is -2.58. The number of hydrogen-bond acceptors (Lipinski definition) is 7. The molecule has 0 radical (unpaired) electrons. The van der Waals surface area contributed by atoms with Gasteiger partial charge in [-0.3, -0.25) is 4.79 Å². The van der Waals surface area contributed by atoms with E-state index in [-0.39, 0.29) is 18.4 Å². The highest BCUT2D eigenvalue weighted by Crippen LogP contribution is 2.42. The molecule has 1 saturated carbocycles. The van der Waals surface area contributed by atoms with Crippen molar-refractivity contribution in [3.05, 3.63) is 48.0 Å². The van der Waals surface area contributed by atoms with Crippen molar-refractivity contribution in [3.63, 3.8) is 0 Å². The van der Waals surface area contributed by atoms with Crippen LogP contribution in [-0.4, -0.2) is 78.0 Å². The average molecular weight is 570 g/mol. The van der Waals surface area contributed by atoms with Crippen LogP contribution in [0.4, 0.5) is 9.59 Å². The lowest BCUT2D eigenvalue weighted by Gasteiger charge is -2.47. The third kappa shape index (κ3) is 8.37. The van der Waals surface area contributed by atoms with E-state index in [2.05, 4.69) is 20.6 Å². The molecule has 0 spiro atoms. The van der Waals surface area contributed by atoms with E-state index >= 15 is 0 Å². The quantitative estimate of drug-likeness (QED) is 0.348. The summed E-state index contributed by atoms with van der Waals surface area (Å²) in [4.78, 5) is 47.9. The number of aromatic nitrogens is 2. The number of likely N-dealkylation sites (tertiary alicyclic amines) is 1. The van der Waals surface area contributed by atoms with Crippen molar-refractivity contribution in [2.24, 2.45) is 5.92 Å². The summed E-state index contributed by atoms with van der Waals surface area (Å²) in [5.74, 6) is 0.822. The lowest BCUT2D eigenvalue weighted by molar-refractivity contribution is -0.143. The van der Waals surface area contributed by atoms with Crippen LogP contribution in [-0.2, 0) is 27.1 Å². The van der Waals surface area contributed by atoms with Gasteiger partial charge >= 0.3 is 12.2 Å². The van der Waals surface area contributed by atoms with Crippen LogP contribution in [0.3, 0.4) is 0 Å². The van der Waals surface area contributed by atoms with Crippen LogP contribution in [0.15, 0.2) is 36.8 Å². The molecule has 1 aliphatic carbocycles. The van der Waals surface area contributed by atoms with Crippen LogP contribution < -0.4 is 15.4 Å². The van der Waals surface area contributed by atoms with E-state index in [0.29, 0.717) is 45.3 Å². The number of nitrogens with one attached hydrogen (secondary N) is 3. The van der Waals surface area contributed by atoms with Crippen molar-refractivity contribution in [2.45, 2.75) is 76.4 Å². The minimum Gasteiger partial charge on any atom is -0.497 e. The Kier molecular flexibility index (Phi) is 10.9. The normalized spacial score (nSPS) is 17.8. The van der Waals surface area contributed by atoms with E-state index in [4.69, 9.17) is 14.2 Å². The Bertz CT molecular complexity index is 1110. The van der Waals surface area contributed by atoms with Gasteiger partial charge in [-0.25, -0.2) is 14.6 Å². The molecule has 11 heteroatoms. The summed E-state index contributed by atoms with van der Waals surface area (Å²) in [6.45, 7) is 3.30. The second kappa shape index (κ2) is 14.7. The number of imidazole rings is 1. The average Bonchev–Trinajstić information content (AvgIpc) is 3.51. The standard InChI is InChI=1S/C30H43N5O6/c1-3-40-29(38)41-30(23-7-5-4-6-8-23)14-17-35(18-15-30)27(36)26(19-22-9-11-25(39-2)12-10-22)34-28(37)32-16-13-24-20-31-21-33-24/h9-12,20-21,23,26H,3-8,13-19H2,1-2H3,(H,31,33)(H2,32,34,37)/t26-/m1/s1. The maximum Gasteiger partial charge on any atom is 0.508 e. The molecular formula is C30H43N5O6. The summed E-state index contributed by atoms with van der Waals surface area (Å²) < 4.78 is 16.4. The number of carbonyl (C=O) groups is 3. The van der Waals surface area contributed by atoms with Crippen LogP contribution in [0.1, 0.15) is 63.1 Å². The van der Waals surface area contributed by atoms with Crippen molar-refractivity contribution in [3.8, 4) is 5.75 Å². The van der Waals surface area contributed by atoms with Gasteiger partial charge in [-0.05, 0) is 43.4 Å². The number of rotatable bonds is 11. The first kappa shape index (κ1) is 30.2. The molecule has 2 fully saturated rings. The van der Waals surface area contributed by atoms with Crippen LogP contribution in [0, 0.1) is 5.92 Å². The second-order valence-corrected chi connectivity index (χ2v) is 10.8. The molecule has 1 saturated heterocycles. The van der Waals surface area contributed by atoms with Crippen LogP contribution in [0.5, 0.6) is 5.75 Å². The van der Waals surface area contributed by atoms with E-state index in [1.807, 2.05) is 24.3 Å². The van der Waals surface area contributed by atoms with E-state index < -0.39 is 23.8 Å². The van der Waals surface area contributed by atoms with E-state index in [0.717, 1.165) is 42.7 Å². The van der Waals surface area contributed by atoms with E-state index in [1.165, 1.54) is 6.42 Å². The number of carbonyl (C=O) groups excluding carboxylic acids is 3. The molecule has 41 heavy (non-hydrogen) atoms. The van der Waals surface area contributed by atoms with Gasteiger partial charge in [-0.2, -0.15) is 0 Å². The van der Waals surface area contributed by atoms with E-state index in [9.17, 15) is 14.4 Å². The number of piperidine rings is 1. The van der Waals surface area contributed by atoms with Crippen molar-refractivity contribution in [1.29, 1.82) is 0 Å². The predicted octanol–water partition coefficient (Wildman–Crippen LogP) is 3.99. The first-order valence-electron chi connectivity index (χ1n) is 14.7. The molecule has 1 aromatic heterocycles. The number of aromatic amines is 1. The molecule has 2 aliphatic rings. The molecule has 0 bridgehead atoms. The fraction of sp³-hybridized carbons (Fsp3) is 0.600. The summed E-state index contributed by atoms with van der Waals surface area (Å²) in [5.41, 5.74) is 1.18. The molecule has 1 atom stereocenters. The van der Waals surface area contributed by atoms with Gasteiger partial charge in [0.2, 0.25) is 5.91 Å². The molecule has 4 rings (SSSR count). The summed E-state index contributed by atoms with van der Waals surface area (Å²) in [6.07, 6.45) is 10.1. The Balaban J connectivity index is 1.42. The van der Waals surface area contributed by atoms with E-state index in [1.54, 1.807) is 31.5 Å². The Labute approximate surface area is 241 Å². The third-order valence-electron chi connectivity index (χ3n) is 8.26. The molecule has 3 amide bonds. The van der Waals surface area contributed by atoms with Gasteiger partial charge in [0.05, 0.1) is 20.0 Å². The molecular weight excluding hydrogens is 526 g/mol. The Morgan fingerprint density at radius 2 is 1.85 bits per heavy atom. The highest BCUT2D eigenvalue weighted by molar-refractivity contribution is 5.87. The topological polar surface area (TPSA) is 135 Å². The summed E-state index contributed by atoms with van der Waals surface area (Å²) in [7, 11) is 1.60. The molecule has 0 unspecified atom stereocenters.